The van der Waals surface area contributed by atoms with E-state index in [0.29, 0.717) is 19.3 Å². The smallest absolute Gasteiger partial charge is 0.328 e. The van der Waals surface area contributed by atoms with Crippen LogP contribution in [0.25, 0.3) is 0 Å². The molecule has 0 spiro atoms. The third-order valence-electron chi connectivity index (χ3n) is 15.7. The standard InChI is InChI=1S/C70H131BrN6O10/c1-13-15-17-19-21-23-27-31-35-39-45-86-64(79)43-42-57(70(85)87-46-40-36-32-28-24-22-20-18-16-14-2)73-66(81)59(48-53(5)6)75-68(83)61(50-55(9)10)77-69(84)62(51-56(11)12)76-67(82)60(49-54(7)8)74-65(80)58(47-52(3)4)72-63(78)41-37-33-29-25-26-30-34-38-44-71/h52-62H,13-51H2,1-12H3,(H,72,78)(H,73,81)(H,74,80)(H,75,83)(H,76,82)(H,77,84)/t57?,58-,59-,60-,61-,62-/m0/s1. The van der Waals surface area contributed by atoms with Crippen LogP contribution in [0.1, 0.15) is 314 Å². The van der Waals surface area contributed by atoms with Gasteiger partial charge in [-0.3, -0.25) is 33.6 Å². The molecule has 87 heavy (non-hydrogen) atoms. The molecule has 508 valence electrons. The molecular weight excluding hydrogens is 1160 g/mol. The van der Waals surface area contributed by atoms with Gasteiger partial charge in [-0.05, 0) is 93.8 Å². The van der Waals surface area contributed by atoms with Gasteiger partial charge in [-0.15, -0.1) is 0 Å². The molecule has 0 aromatic carbocycles. The number of rotatable bonds is 57. The largest absolute Gasteiger partial charge is 0.466 e. The van der Waals surface area contributed by atoms with E-state index in [1.807, 2.05) is 69.2 Å². The minimum absolute atomic E-state index is 0.0214. The average molecular weight is 1300 g/mol. The summed E-state index contributed by atoms with van der Waals surface area (Å²) < 4.78 is 11.3. The fraction of sp³-hybridized carbons (Fsp3) is 0.886. The predicted molar refractivity (Wildman–Crippen MR) is 359 cm³/mol. The number of halogens is 1. The maximum Gasteiger partial charge on any atom is 0.328 e. The molecule has 0 saturated carbocycles. The molecule has 6 amide bonds. The van der Waals surface area contributed by atoms with E-state index in [9.17, 15) is 38.4 Å². The van der Waals surface area contributed by atoms with Crippen molar-refractivity contribution < 1.29 is 47.8 Å². The average Bonchev–Trinajstić information content (AvgIpc) is 3.65. The number of alkyl halides is 1. The van der Waals surface area contributed by atoms with Crippen LogP contribution in [0.3, 0.4) is 0 Å². The highest BCUT2D eigenvalue weighted by molar-refractivity contribution is 9.09. The maximum absolute atomic E-state index is 14.5. The Labute approximate surface area is 539 Å². The van der Waals surface area contributed by atoms with E-state index in [1.165, 1.54) is 103 Å². The van der Waals surface area contributed by atoms with E-state index in [2.05, 4.69) is 61.7 Å². The molecule has 0 bridgehead atoms. The summed E-state index contributed by atoms with van der Waals surface area (Å²) >= 11 is 3.48. The summed E-state index contributed by atoms with van der Waals surface area (Å²) in [5.74, 6) is -4.34. The van der Waals surface area contributed by atoms with Gasteiger partial charge in [0.2, 0.25) is 35.4 Å². The molecule has 0 aromatic heterocycles. The molecule has 0 aliphatic carbocycles. The van der Waals surface area contributed by atoms with Gasteiger partial charge in [-0.1, -0.05) is 253 Å². The second-order valence-electron chi connectivity index (χ2n) is 27.1. The van der Waals surface area contributed by atoms with E-state index in [-0.39, 0.29) is 87.2 Å². The van der Waals surface area contributed by atoms with Crippen molar-refractivity contribution in [2.45, 2.75) is 350 Å². The van der Waals surface area contributed by atoms with Crippen LogP contribution >= 0.6 is 15.9 Å². The molecule has 0 heterocycles. The molecule has 16 nitrogen and oxygen atoms in total. The number of unbranched alkanes of at least 4 members (excludes halogenated alkanes) is 25. The first-order valence-electron chi connectivity index (χ1n) is 35.2. The van der Waals surface area contributed by atoms with E-state index in [4.69, 9.17) is 9.47 Å². The zero-order chi connectivity index (χ0) is 65.2. The van der Waals surface area contributed by atoms with Crippen LogP contribution in [0, 0.1) is 29.6 Å². The number of hydrogen-bond acceptors (Lipinski definition) is 10. The molecule has 0 fully saturated rings. The molecule has 0 radical (unpaired) electrons. The molecule has 0 saturated heterocycles. The van der Waals surface area contributed by atoms with Crippen molar-refractivity contribution in [2.24, 2.45) is 29.6 Å². The molecule has 0 aliphatic rings. The SMILES string of the molecule is CCCCCCCCCCCCOC(=O)CCC(NC(=O)[C@H](CC(C)C)NC(=O)[C@H](CC(C)C)NC(=O)[C@H](CC(C)C)NC(=O)[C@H](CC(C)C)NC(=O)[C@H](CC(C)C)NC(=O)CCCCCCCCCCBr)C(=O)OCCCCCCCCCCCC. The van der Waals surface area contributed by atoms with Crippen molar-refractivity contribution in [2.75, 3.05) is 18.5 Å². The highest BCUT2D eigenvalue weighted by Gasteiger charge is 2.35. The Bertz CT molecular complexity index is 1830. The Morgan fingerprint density at radius 1 is 0.310 bits per heavy atom. The second kappa shape index (κ2) is 54.0. The number of carbonyl (C=O) groups excluding carboxylic acids is 8. The summed E-state index contributed by atoms with van der Waals surface area (Å²) in [6.45, 7) is 24.2. The zero-order valence-corrected chi connectivity index (χ0v) is 59.0. The Balaban J connectivity index is 6.25. The van der Waals surface area contributed by atoms with Crippen molar-refractivity contribution in [1.29, 1.82) is 0 Å². The van der Waals surface area contributed by atoms with Gasteiger partial charge < -0.3 is 41.4 Å². The third-order valence-corrected chi connectivity index (χ3v) is 16.3. The highest BCUT2D eigenvalue weighted by atomic mass is 79.9. The van der Waals surface area contributed by atoms with Gasteiger partial charge in [0, 0.05) is 18.2 Å². The summed E-state index contributed by atoms with van der Waals surface area (Å²) in [6.07, 6.45) is 32.8. The van der Waals surface area contributed by atoms with Crippen LogP contribution in [0.15, 0.2) is 0 Å². The van der Waals surface area contributed by atoms with Crippen LogP contribution in [0.5, 0.6) is 0 Å². The summed E-state index contributed by atoms with van der Waals surface area (Å²) in [5.41, 5.74) is 0. The van der Waals surface area contributed by atoms with Crippen LogP contribution < -0.4 is 31.9 Å². The topological polar surface area (TPSA) is 227 Å². The van der Waals surface area contributed by atoms with Crippen molar-refractivity contribution in [3.8, 4) is 0 Å². The second-order valence-corrected chi connectivity index (χ2v) is 27.9. The van der Waals surface area contributed by atoms with Crippen LogP contribution in [0.2, 0.25) is 0 Å². The molecule has 1 unspecified atom stereocenters. The van der Waals surface area contributed by atoms with E-state index in [1.54, 1.807) is 0 Å². The summed E-state index contributed by atoms with van der Waals surface area (Å²) in [7, 11) is 0. The number of ether oxygens (including phenoxy) is 2. The zero-order valence-electron chi connectivity index (χ0n) is 57.4. The molecule has 0 aliphatic heterocycles. The van der Waals surface area contributed by atoms with Gasteiger partial charge in [0.25, 0.3) is 0 Å². The lowest BCUT2D eigenvalue weighted by Crippen LogP contribution is -2.60. The summed E-state index contributed by atoms with van der Waals surface area (Å²) in [6, 6.07) is -6.37. The monoisotopic (exact) mass is 1290 g/mol. The van der Waals surface area contributed by atoms with Crippen LogP contribution in [0.4, 0.5) is 0 Å². The Kier molecular flexibility index (Phi) is 51.7. The number of amides is 6. The Morgan fingerprint density at radius 2 is 0.575 bits per heavy atom. The lowest BCUT2D eigenvalue weighted by atomic mass is 9.97. The van der Waals surface area contributed by atoms with Crippen LogP contribution in [-0.4, -0.2) is 102 Å². The quantitative estimate of drug-likeness (QED) is 0.0192. The van der Waals surface area contributed by atoms with Crippen molar-refractivity contribution >= 4 is 63.3 Å². The molecular formula is C70H131BrN6O10. The minimum atomic E-state index is -1.18. The molecule has 0 rings (SSSR count). The maximum atomic E-state index is 14.5. The first-order valence-corrected chi connectivity index (χ1v) is 36.4. The number of esters is 2. The van der Waals surface area contributed by atoms with Gasteiger partial charge in [-0.2, -0.15) is 0 Å². The van der Waals surface area contributed by atoms with Crippen molar-refractivity contribution in [3.63, 3.8) is 0 Å². The molecule has 17 heteroatoms. The molecule has 6 atom stereocenters. The Morgan fingerprint density at radius 3 is 0.885 bits per heavy atom. The van der Waals surface area contributed by atoms with Gasteiger partial charge in [0.05, 0.1) is 13.2 Å². The highest BCUT2D eigenvalue weighted by Crippen LogP contribution is 2.18. The molecule has 0 aromatic rings. The lowest BCUT2D eigenvalue weighted by molar-refractivity contribution is -0.149. The Hall–Kier alpha value is -3.76. The van der Waals surface area contributed by atoms with E-state index >= 15 is 0 Å². The van der Waals surface area contributed by atoms with Gasteiger partial charge >= 0.3 is 11.9 Å². The number of carbonyl (C=O) groups is 8. The lowest BCUT2D eigenvalue weighted by Gasteiger charge is -2.29. The van der Waals surface area contributed by atoms with Crippen molar-refractivity contribution in [1.82, 2.24) is 31.9 Å². The fourth-order valence-corrected chi connectivity index (χ4v) is 11.2. The third kappa shape index (κ3) is 46.9. The minimum Gasteiger partial charge on any atom is -0.466 e. The van der Waals surface area contributed by atoms with E-state index < -0.39 is 77.7 Å². The van der Waals surface area contributed by atoms with E-state index in [0.717, 1.165) is 76.0 Å². The van der Waals surface area contributed by atoms with Gasteiger partial charge in [0.15, 0.2) is 0 Å². The normalized spacial score (nSPS) is 13.7. The first-order chi connectivity index (χ1) is 41.5. The molecule has 6 N–H and O–H groups in total. The summed E-state index contributed by atoms with van der Waals surface area (Å²) in [4.78, 5) is 112. The first kappa shape index (κ1) is 83.2. The van der Waals surface area contributed by atoms with Crippen molar-refractivity contribution in [3.05, 3.63) is 0 Å². The van der Waals surface area contributed by atoms with Crippen LogP contribution in [-0.2, 0) is 47.8 Å². The van der Waals surface area contributed by atoms with Gasteiger partial charge in [0.1, 0.15) is 36.3 Å². The number of nitrogens with one attached hydrogen (secondary N) is 6. The summed E-state index contributed by atoms with van der Waals surface area (Å²) in [5, 5.41) is 18.4. The predicted octanol–water partition coefficient (Wildman–Crippen LogP) is 14.7. The van der Waals surface area contributed by atoms with Gasteiger partial charge in [-0.25, -0.2) is 4.79 Å². The fourth-order valence-electron chi connectivity index (χ4n) is 10.8. The number of hydrogen-bond donors (Lipinski definition) is 6.